The average Bonchev–Trinajstić information content (AvgIpc) is 3.20. The second-order valence-corrected chi connectivity index (χ2v) is 14.7. The number of rotatable bonds is 4. The summed E-state index contributed by atoms with van der Waals surface area (Å²) in [4.78, 5) is 0. The van der Waals surface area contributed by atoms with E-state index in [4.69, 9.17) is 13.9 Å². The molecule has 4 heteroatoms. The van der Waals surface area contributed by atoms with E-state index >= 15 is 0 Å². The molecule has 0 spiro atoms. The first-order chi connectivity index (χ1) is 12.2. The lowest BCUT2D eigenvalue weighted by atomic mass is 9.67. The monoisotopic (exact) mass is 378 g/mol. The number of hydrogen-bond acceptors (Lipinski definition) is 3. The van der Waals surface area contributed by atoms with Crippen molar-refractivity contribution in [1.29, 1.82) is 0 Å². The first-order valence-electron chi connectivity index (χ1n) is 10.6. The average molecular weight is 379 g/mol. The third-order valence-electron chi connectivity index (χ3n) is 7.19. The molecule has 2 saturated carbocycles. The SMILES string of the molecule is CC(C)(C)[Si](C)(C)O[C@@H]1CCC[C@]2(C#CCCC3OCCO3)CCC[C@@H]12. The Hall–Kier alpha value is -0.343. The molecule has 3 atom stereocenters. The minimum Gasteiger partial charge on any atom is -0.414 e. The number of ether oxygens (including phenoxy) is 2. The first-order valence-corrected chi connectivity index (χ1v) is 13.6. The van der Waals surface area contributed by atoms with Crippen LogP contribution in [0.5, 0.6) is 0 Å². The molecule has 1 heterocycles. The molecule has 3 rings (SSSR count). The Kier molecular flexibility index (Phi) is 6.24. The van der Waals surface area contributed by atoms with Gasteiger partial charge in [-0.15, -0.1) is 5.92 Å². The van der Waals surface area contributed by atoms with Crippen molar-refractivity contribution in [2.75, 3.05) is 13.2 Å². The highest BCUT2D eigenvalue weighted by Crippen LogP contribution is 2.54. The molecule has 3 fully saturated rings. The zero-order valence-electron chi connectivity index (χ0n) is 17.5. The predicted octanol–water partition coefficient (Wildman–Crippen LogP) is 5.50. The van der Waals surface area contributed by atoms with E-state index in [1.54, 1.807) is 0 Å². The molecule has 148 valence electrons. The van der Waals surface area contributed by atoms with E-state index in [2.05, 4.69) is 45.7 Å². The topological polar surface area (TPSA) is 27.7 Å². The normalized spacial score (nSPS) is 33.0. The van der Waals surface area contributed by atoms with Gasteiger partial charge in [0.2, 0.25) is 0 Å². The van der Waals surface area contributed by atoms with Crippen LogP contribution < -0.4 is 0 Å². The summed E-state index contributed by atoms with van der Waals surface area (Å²) in [5.41, 5.74) is 0.211. The summed E-state index contributed by atoms with van der Waals surface area (Å²) >= 11 is 0. The Labute approximate surface area is 161 Å². The van der Waals surface area contributed by atoms with Gasteiger partial charge in [-0.2, -0.15) is 0 Å². The maximum absolute atomic E-state index is 6.90. The van der Waals surface area contributed by atoms with Crippen molar-refractivity contribution in [2.45, 2.75) is 103 Å². The third kappa shape index (κ3) is 4.38. The van der Waals surface area contributed by atoms with Crippen LogP contribution in [0, 0.1) is 23.2 Å². The Morgan fingerprint density at radius 2 is 1.73 bits per heavy atom. The molecule has 0 aromatic heterocycles. The Balaban J connectivity index is 1.65. The van der Waals surface area contributed by atoms with Gasteiger partial charge in [-0.05, 0) is 50.2 Å². The Morgan fingerprint density at radius 3 is 2.38 bits per heavy atom. The summed E-state index contributed by atoms with van der Waals surface area (Å²) < 4.78 is 18.0. The van der Waals surface area contributed by atoms with Crippen LogP contribution in [0.2, 0.25) is 18.1 Å². The lowest BCUT2D eigenvalue weighted by Crippen LogP contribution is -2.49. The second kappa shape index (κ2) is 7.95. The van der Waals surface area contributed by atoms with Crippen LogP contribution in [-0.4, -0.2) is 33.9 Å². The summed E-state index contributed by atoms with van der Waals surface area (Å²) in [5, 5.41) is 0.276. The van der Waals surface area contributed by atoms with Crippen molar-refractivity contribution >= 4 is 8.32 Å². The summed E-state index contributed by atoms with van der Waals surface area (Å²) in [6.07, 6.45) is 9.80. The largest absolute Gasteiger partial charge is 0.414 e. The zero-order valence-corrected chi connectivity index (χ0v) is 18.5. The summed E-state index contributed by atoms with van der Waals surface area (Å²) in [6.45, 7) is 13.3. The van der Waals surface area contributed by atoms with Gasteiger partial charge in [0.05, 0.1) is 13.2 Å². The molecule has 0 aromatic carbocycles. The maximum atomic E-state index is 6.90. The van der Waals surface area contributed by atoms with E-state index in [-0.39, 0.29) is 16.7 Å². The molecule has 2 aliphatic carbocycles. The van der Waals surface area contributed by atoms with Crippen molar-refractivity contribution < 1.29 is 13.9 Å². The molecule has 0 aromatic rings. The van der Waals surface area contributed by atoms with Crippen molar-refractivity contribution in [2.24, 2.45) is 11.3 Å². The van der Waals surface area contributed by atoms with Gasteiger partial charge >= 0.3 is 0 Å². The van der Waals surface area contributed by atoms with Crippen molar-refractivity contribution in [3.8, 4) is 11.8 Å². The van der Waals surface area contributed by atoms with Crippen LogP contribution in [-0.2, 0) is 13.9 Å². The van der Waals surface area contributed by atoms with Crippen LogP contribution in [0.25, 0.3) is 0 Å². The zero-order chi connectivity index (χ0) is 18.8. The van der Waals surface area contributed by atoms with E-state index < -0.39 is 8.32 Å². The minimum absolute atomic E-state index is 0.0257. The summed E-state index contributed by atoms with van der Waals surface area (Å²) in [7, 11) is -1.72. The maximum Gasteiger partial charge on any atom is 0.192 e. The molecule has 1 aliphatic heterocycles. The molecule has 0 amide bonds. The fraction of sp³-hybridized carbons (Fsp3) is 0.909. The summed E-state index contributed by atoms with van der Waals surface area (Å²) in [5.74, 6) is 7.89. The van der Waals surface area contributed by atoms with Crippen molar-refractivity contribution in [3.63, 3.8) is 0 Å². The van der Waals surface area contributed by atoms with E-state index in [1.165, 1.54) is 38.5 Å². The highest BCUT2D eigenvalue weighted by Gasteiger charge is 2.50. The van der Waals surface area contributed by atoms with Gasteiger partial charge in [0.15, 0.2) is 14.6 Å². The molecule has 3 aliphatic rings. The van der Waals surface area contributed by atoms with Gasteiger partial charge in [0.25, 0.3) is 0 Å². The van der Waals surface area contributed by atoms with Gasteiger partial charge < -0.3 is 13.9 Å². The number of hydrogen-bond donors (Lipinski definition) is 0. The van der Waals surface area contributed by atoms with E-state index in [0.29, 0.717) is 12.0 Å². The van der Waals surface area contributed by atoms with Gasteiger partial charge in [0.1, 0.15) is 0 Å². The first kappa shape index (κ1) is 20.4. The minimum atomic E-state index is -1.72. The van der Waals surface area contributed by atoms with E-state index in [0.717, 1.165) is 26.1 Å². The molecule has 1 saturated heterocycles. The standard InChI is InChI=1S/C22H38O3Si/c1-21(2,3)26(4,5)25-19-11-9-15-22(14-8-10-18(19)22)13-7-6-12-20-23-16-17-24-20/h18-20H,6,8-12,14-17H2,1-5H3/t18-,19+,22-/m0/s1. The van der Waals surface area contributed by atoms with Crippen molar-refractivity contribution in [1.82, 2.24) is 0 Å². The molecule has 3 nitrogen and oxygen atoms in total. The Morgan fingerprint density at radius 1 is 1.08 bits per heavy atom. The summed E-state index contributed by atoms with van der Waals surface area (Å²) in [6, 6.07) is 0. The molecule has 0 unspecified atom stereocenters. The quantitative estimate of drug-likeness (QED) is 0.477. The lowest BCUT2D eigenvalue weighted by molar-refractivity contribution is -0.0454. The van der Waals surface area contributed by atoms with Crippen LogP contribution >= 0.6 is 0 Å². The van der Waals surface area contributed by atoms with Gasteiger partial charge in [-0.3, -0.25) is 0 Å². The van der Waals surface area contributed by atoms with Crippen LogP contribution in [0.4, 0.5) is 0 Å². The molecule has 0 bridgehead atoms. The van der Waals surface area contributed by atoms with Gasteiger partial charge in [-0.25, -0.2) is 0 Å². The van der Waals surface area contributed by atoms with Gasteiger partial charge in [-0.1, -0.05) is 33.1 Å². The smallest absolute Gasteiger partial charge is 0.192 e. The van der Waals surface area contributed by atoms with Crippen LogP contribution in [0.3, 0.4) is 0 Å². The fourth-order valence-corrected chi connectivity index (χ4v) is 6.08. The molecule has 0 N–H and O–H groups in total. The number of fused-ring (bicyclic) bond motifs is 1. The lowest BCUT2D eigenvalue weighted by Gasteiger charge is -2.46. The van der Waals surface area contributed by atoms with Crippen LogP contribution in [0.1, 0.15) is 72.1 Å². The fourth-order valence-electron chi connectivity index (χ4n) is 4.69. The Bertz CT molecular complexity index is 536. The van der Waals surface area contributed by atoms with E-state index in [9.17, 15) is 0 Å². The highest BCUT2D eigenvalue weighted by molar-refractivity contribution is 6.74. The third-order valence-corrected chi connectivity index (χ3v) is 11.7. The second-order valence-electron chi connectivity index (χ2n) is 9.98. The molecule has 0 radical (unpaired) electrons. The van der Waals surface area contributed by atoms with E-state index in [1.807, 2.05) is 0 Å². The highest BCUT2D eigenvalue weighted by atomic mass is 28.4. The molecular formula is C22H38O3Si. The van der Waals surface area contributed by atoms with Gasteiger partial charge in [0, 0.05) is 30.3 Å². The van der Waals surface area contributed by atoms with Crippen LogP contribution in [0.15, 0.2) is 0 Å². The predicted molar refractivity (Wildman–Crippen MR) is 108 cm³/mol. The molecule has 26 heavy (non-hydrogen) atoms. The molecular weight excluding hydrogens is 340 g/mol. The van der Waals surface area contributed by atoms with Crippen molar-refractivity contribution in [3.05, 3.63) is 0 Å².